The van der Waals surface area contributed by atoms with Crippen molar-refractivity contribution in [3.05, 3.63) is 53.6 Å². The van der Waals surface area contributed by atoms with Gasteiger partial charge in [0.05, 0.1) is 19.1 Å². The number of hydrogen-bond acceptors (Lipinski definition) is 7. The van der Waals surface area contributed by atoms with E-state index in [9.17, 15) is 4.79 Å². The average Bonchev–Trinajstić information content (AvgIpc) is 3.41. The molecule has 4 rings (SSSR count). The number of benzene rings is 2. The second kappa shape index (κ2) is 9.36. The Kier molecular flexibility index (Phi) is 6.40. The summed E-state index contributed by atoms with van der Waals surface area (Å²) in [6.07, 6.45) is 0. The summed E-state index contributed by atoms with van der Waals surface area (Å²) in [5.41, 5.74) is 2.06. The molecule has 2 aliphatic rings. The smallest absolute Gasteiger partial charge is 0.311 e. The SMILES string of the molecule is CCOC(=O)[C@@H]1[C@@H](c2ccc3c(c2)OCO3)CN[C@H]1c1ccc(OCCOC)cc1. The molecule has 0 amide bonds. The third kappa shape index (κ3) is 4.22. The van der Waals surface area contributed by atoms with E-state index in [1.807, 2.05) is 49.4 Å². The van der Waals surface area contributed by atoms with Crippen LogP contribution in [0, 0.1) is 5.92 Å². The maximum absolute atomic E-state index is 12.9. The van der Waals surface area contributed by atoms with Crippen LogP contribution in [0.2, 0.25) is 0 Å². The van der Waals surface area contributed by atoms with E-state index in [0.29, 0.717) is 26.4 Å². The molecule has 0 bridgehead atoms. The first-order chi connectivity index (χ1) is 14.7. The Morgan fingerprint density at radius 3 is 2.60 bits per heavy atom. The lowest BCUT2D eigenvalue weighted by Crippen LogP contribution is -2.27. The first-order valence-corrected chi connectivity index (χ1v) is 10.2. The number of carbonyl (C=O) groups is 1. The van der Waals surface area contributed by atoms with Gasteiger partial charge in [-0.3, -0.25) is 4.79 Å². The fourth-order valence-corrected chi connectivity index (χ4v) is 4.09. The van der Waals surface area contributed by atoms with E-state index in [1.54, 1.807) is 7.11 Å². The van der Waals surface area contributed by atoms with Crippen LogP contribution in [-0.4, -0.2) is 46.2 Å². The number of carbonyl (C=O) groups excluding carboxylic acids is 1. The lowest BCUT2D eigenvalue weighted by molar-refractivity contribution is -0.148. The molecule has 7 heteroatoms. The molecule has 1 N–H and O–H groups in total. The van der Waals surface area contributed by atoms with Gasteiger partial charge in [-0.05, 0) is 42.3 Å². The predicted octanol–water partition coefficient (Wildman–Crippen LogP) is 3.05. The summed E-state index contributed by atoms with van der Waals surface area (Å²) in [5, 5.41) is 3.52. The highest BCUT2D eigenvalue weighted by atomic mass is 16.7. The van der Waals surface area contributed by atoms with Crippen LogP contribution in [0.3, 0.4) is 0 Å². The summed E-state index contributed by atoms with van der Waals surface area (Å²) < 4.78 is 27.0. The van der Waals surface area contributed by atoms with Crippen LogP contribution in [0.4, 0.5) is 0 Å². The molecule has 2 aromatic carbocycles. The third-order valence-corrected chi connectivity index (χ3v) is 5.53. The van der Waals surface area contributed by atoms with Gasteiger partial charge in [-0.15, -0.1) is 0 Å². The van der Waals surface area contributed by atoms with Crippen molar-refractivity contribution in [2.45, 2.75) is 18.9 Å². The van der Waals surface area contributed by atoms with Gasteiger partial charge >= 0.3 is 5.97 Å². The van der Waals surface area contributed by atoms with Gasteiger partial charge in [0.1, 0.15) is 12.4 Å². The van der Waals surface area contributed by atoms with E-state index >= 15 is 0 Å². The van der Waals surface area contributed by atoms with Crippen molar-refractivity contribution in [3.8, 4) is 17.2 Å². The van der Waals surface area contributed by atoms with Crippen molar-refractivity contribution in [1.82, 2.24) is 5.32 Å². The molecule has 2 aromatic rings. The van der Waals surface area contributed by atoms with Crippen molar-refractivity contribution < 1.29 is 28.5 Å². The summed E-state index contributed by atoms with van der Waals surface area (Å²) in [4.78, 5) is 12.9. The Hall–Kier alpha value is -2.77. The minimum atomic E-state index is -0.342. The van der Waals surface area contributed by atoms with Gasteiger partial charge in [0.25, 0.3) is 0 Å². The molecule has 2 aliphatic heterocycles. The molecule has 0 saturated carbocycles. The zero-order valence-electron chi connectivity index (χ0n) is 17.3. The van der Waals surface area contributed by atoms with E-state index in [2.05, 4.69) is 5.32 Å². The number of methoxy groups -OCH3 is 1. The summed E-state index contributed by atoms with van der Waals surface area (Å²) in [6.45, 7) is 4.10. The van der Waals surface area contributed by atoms with E-state index in [0.717, 1.165) is 28.4 Å². The van der Waals surface area contributed by atoms with Gasteiger partial charge in [0, 0.05) is 25.6 Å². The largest absolute Gasteiger partial charge is 0.491 e. The van der Waals surface area contributed by atoms with E-state index in [1.165, 1.54) is 0 Å². The van der Waals surface area contributed by atoms with Gasteiger partial charge in [0.2, 0.25) is 6.79 Å². The van der Waals surface area contributed by atoms with Gasteiger partial charge in [-0.1, -0.05) is 18.2 Å². The monoisotopic (exact) mass is 413 g/mol. The minimum Gasteiger partial charge on any atom is -0.491 e. The summed E-state index contributed by atoms with van der Waals surface area (Å²) in [7, 11) is 1.64. The maximum Gasteiger partial charge on any atom is 0.311 e. The standard InChI is InChI=1S/C23H27NO6/c1-3-27-23(25)21-18(16-6-9-19-20(12-16)30-14-29-19)13-24-22(21)15-4-7-17(8-5-15)28-11-10-26-2/h4-9,12,18,21-22,24H,3,10-11,13-14H2,1-2H3/t18-,21-,22+/m1/s1. The van der Waals surface area contributed by atoms with Crippen LogP contribution >= 0.6 is 0 Å². The van der Waals surface area contributed by atoms with Gasteiger partial charge in [0.15, 0.2) is 11.5 Å². The van der Waals surface area contributed by atoms with Gasteiger partial charge in [-0.2, -0.15) is 0 Å². The Labute approximate surface area is 176 Å². The van der Waals surface area contributed by atoms with Crippen LogP contribution in [0.15, 0.2) is 42.5 Å². The second-order valence-electron chi connectivity index (χ2n) is 7.29. The van der Waals surface area contributed by atoms with Crippen LogP contribution in [-0.2, 0) is 14.3 Å². The molecule has 160 valence electrons. The summed E-state index contributed by atoms with van der Waals surface area (Å²) >= 11 is 0. The van der Waals surface area contributed by atoms with E-state index < -0.39 is 0 Å². The lowest BCUT2D eigenvalue weighted by atomic mass is 9.83. The van der Waals surface area contributed by atoms with Crippen LogP contribution in [0.1, 0.15) is 30.0 Å². The Balaban J connectivity index is 1.56. The molecule has 0 unspecified atom stereocenters. The quantitative estimate of drug-likeness (QED) is 0.527. The molecule has 3 atom stereocenters. The molecular formula is C23H27NO6. The van der Waals surface area contributed by atoms with E-state index in [4.69, 9.17) is 23.7 Å². The van der Waals surface area contributed by atoms with Crippen molar-refractivity contribution >= 4 is 5.97 Å². The molecular weight excluding hydrogens is 386 g/mol. The van der Waals surface area contributed by atoms with Crippen LogP contribution in [0.5, 0.6) is 17.2 Å². The second-order valence-corrected chi connectivity index (χ2v) is 7.29. The molecule has 1 fully saturated rings. The molecule has 0 spiro atoms. The van der Waals surface area contributed by atoms with Crippen molar-refractivity contribution in [3.63, 3.8) is 0 Å². The summed E-state index contributed by atoms with van der Waals surface area (Å²) in [6, 6.07) is 13.6. The Morgan fingerprint density at radius 1 is 1.07 bits per heavy atom. The lowest BCUT2D eigenvalue weighted by Gasteiger charge is -2.23. The fourth-order valence-electron chi connectivity index (χ4n) is 4.09. The Bertz CT molecular complexity index is 868. The molecule has 7 nitrogen and oxygen atoms in total. The highest BCUT2D eigenvalue weighted by Crippen LogP contribution is 2.43. The van der Waals surface area contributed by atoms with Crippen molar-refractivity contribution in [1.29, 1.82) is 0 Å². The van der Waals surface area contributed by atoms with Crippen molar-refractivity contribution in [2.75, 3.05) is 40.3 Å². The first kappa shape index (κ1) is 20.5. The average molecular weight is 413 g/mol. The predicted molar refractivity (Wildman–Crippen MR) is 110 cm³/mol. The maximum atomic E-state index is 12.9. The zero-order valence-corrected chi connectivity index (χ0v) is 17.3. The molecule has 0 aromatic heterocycles. The highest BCUT2D eigenvalue weighted by Gasteiger charge is 2.43. The Morgan fingerprint density at radius 2 is 1.83 bits per heavy atom. The normalized spacial score (nSPS) is 22.1. The summed E-state index contributed by atoms with van der Waals surface area (Å²) in [5.74, 6) is 1.66. The number of nitrogens with one attached hydrogen (secondary N) is 1. The van der Waals surface area contributed by atoms with Crippen LogP contribution in [0.25, 0.3) is 0 Å². The highest BCUT2D eigenvalue weighted by molar-refractivity contribution is 5.76. The molecule has 0 radical (unpaired) electrons. The van der Waals surface area contributed by atoms with Gasteiger partial charge < -0.3 is 29.0 Å². The zero-order chi connectivity index (χ0) is 20.9. The number of rotatable bonds is 8. The first-order valence-electron chi connectivity index (χ1n) is 10.2. The number of hydrogen-bond donors (Lipinski definition) is 1. The fraction of sp³-hybridized carbons (Fsp3) is 0.435. The molecule has 2 heterocycles. The molecule has 1 saturated heterocycles. The van der Waals surface area contributed by atoms with E-state index in [-0.39, 0.29) is 30.6 Å². The number of ether oxygens (including phenoxy) is 5. The topological polar surface area (TPSA) is 75.3 Å². The third-order valence-electron chi connectivity index (χ3n) is 5.53. The van der Waals surface area contributed by atoms with Crippen molar-refractivity contribution in [2.24, 2.45) is 5.92 Å². The molecule has 30 heavy (non-hydrogen) atoms. The minimum absolute atomic E-state index is 0.0267. The van der Waals surface area contributed by atoms with Crippen LogP contribution < -0.4 is 19.5 Å². The molecule has 0 aliphatic carbocycles. The van der Waals surface area contributed by atoms with Gasteiger partial charge in [-0.25, -0.2) is 0 Å². The number of fused-ring (bicyclic) bond motifs is 1. The number of esters is 1.